The van der Waals surface area contributed by atoms with Gasteiger partial charge in [-0.25, -0.2) is 4.68 Å². The number of carbonyl (C=O) groups excluding carboxylic acids is 1. The van der Waals surface area contributed by atoms with Gasteiger partial charge in [-0.15, -0.1) is 0 Å². The van der Waals surface area contributed by atoms with E-state index in [4.69, 9.17) is 0 Å². The summed E-state index contributed by atoms with van der Waals surface area (Å²) < 4.78 is 3.57. The molecule has 0 unspecified atom stereocenters. The van der Waals surface area contributed by atoms with Crippen molar-refractivity contribution in [3.05, 3.63) is 34.1 Å². The van der Waals surface area contributed by atoms with Crippen LogP contribution < -0.4 is 5.56 Å². The highest BCUT2D eigenvalue weighted by Gasteiger charge is 2.11. The van der Waals surface area contributed by atoms with Gasteiger partial charge in [-0.2, -0.15) is 0 Å². The summed E-state index contributed by atoms with van der Waals surface area (Å²) in [6, 6.07) is 5.20. The third-order valence-electron chi connectivity index (χ3n) is 2.87. The van der Waals surface area contributed by atoms with Crippen molar-refractivity contribution in [3.8, 4) is 0 Å². The zero-order valence-electron chi connectivity index (χ0n) is 10.3. The largest absolute Gasteiger partial charge is 0.298 e. The predicted octanol–water partition coefficient (Wildman–Crippen LogP) is 1.81. The normalized spacial score (nSPS) is 11.3. The average molecular weight is 232 g/mol. The molecule has 0 aliphatic rings. The third kappa shape index (κ3) is 1.90. The second kappa shape index (κ2) is 4.20. The molecule has 0 aliphatic carbocycles. The minimum absolute atomic E-state index is 0.0279. The van der Waals surface area contributed by atoms with Crippen LogP contribution in [0.1, 0.15) is 24.2 Å². The Bertz CT molecular complexity index is 620. The number of aromatic nitrogens is 2. The van der Waals surface area contributed by atoms with E-state index in [1.807, 2.05) is 17.8 Å². The van der Waals surface area contributed by atoms with Crippen LogP contribution >= 0.6 is 0 Å². The minimum atomic E-state index is -0.0279. The minimum Gasteiger partial charge on any atom is -0.298 e. The van der Waals surface area contributed by atoms with Crippen LogP contribution in [-0.4, -0.2) is 15.6 Å². The number of nitrogens with zero attached hydrogens (tertiary/aromatic N) is 2. The lowest BCUT2D eigenvalue weighted by molar-refractivity contribution is 0.112. The molecule has 0 saturated carbocycles. The Morgan fingerprint density at radius 1 is 1.35 bits per heavy atom. The van der Waals surface area contributed by atoms with Crippen LogP contribution in [0.4, 0.5) is 0 Å². The lowest BCUT2D eigenvalue weighted by Gasteiger charge is -2.09. The molecule has 17 heavy (non-hydrogen) atoms. The first-order chi connectivity index (χ1) is 8.04. The van der Waals surface area contributed by atoms with E-state index < -0.39 is 0 Å². The van der Waals surface area contributed by atoms with Crippen LogP contribution in [0.25, 0.3) is 10.9 Å². The topological polar surface area (TPSA) is 44.0 Å². The summed E-state index contributed by atoms with van der Waals surface area (Å²) >= 11 is 0. The maximum Gasteiger partial charge on any atom is 0.274 e. The zero-order chi connectivity index (χ0) is 12.6. The van der Waals surface area contributed by atoms with E-state index in [2.05, 4.69) is 13.8 Å². The Labute approximate surface area is 99.4 Å². The second-order valence-corrected chi connectivity index (χ2v) is 4.70. The molecule has 4 heteroatoms. The molecule has 0 N–H and O–H groups in total. The van der Waals surface area contributed by atoms with E-state index in [0.29, 0.717) is 23.4 Å². The van der Waals surface area contributed by atoms with E-state index >= 15 is 0 Å². The molecule has 0 spiro atoms. The van der Waals surface area contributed by atoms with Crippen LogP contribution in [0.15, 0.2) is 23.0 Å². The van der Waals surface area contributed by atoms with Gasteiger partial charge in [-0.3, -0.25) is 14.3 Å². The van der Waals surface area contributed by atoms with E-state index in [0.717, 1.165) is 11.8 Å². The summed E-state index contributed by atoms with van der Waals surface area (Å²) in [5.74, 6) is 0.404. The maximum absolute atomic E-state index is 12.2. The van der Waals surface area contributed by atoms with Gasteiger partial charge < -0.3 is 0 Å². The number of rotatable bonds is 3. The molecule has 0 bridgehead atoms. The molecule has 0 fully saturated rings. The maximum atomic E-state index is 12.2. The Balaban J connectivity index is 2.71. The van der Waals surface area contributed by atoms with Crippen LogP contribution in [-0.2, 0) is 13.6 Å². The molecule has 2 rings (SSSR count). The molecular weight excluding hydrogens is 216 g/mol. The van der Waals surface area contributed by atoms with Crippen molar-refractivity contribution in [2.24, 2.45) is 13.0 Å². The fraction of sp³-hybridized carbons (Fsp3) is 0.385. The Morgan fingerprint density at radius 3 is 2.65 bits per heavy atom. The highest BCUT2D eigenvalue weighted by molar-refractivity contribution is 5.86. The third-order valence-corrected chi connectivity index (χ3v) is 2.87. The zero-order valence-corrected chi connectivity index (χ0v) is 10.3. The molecule has 0 amide bonds. The first-order valence-corrected chi connectivity index (χ1v) is 5.69. The number of hydrogen-bond acceptors (Lipinski definition) is 2. The predicted molar refractivity (Wildman–Crippen MR) is 67.4 cm³/mol. The summed E-state index contributed by atoms with van der Waals surface area (Å²) in [5.41, 5.74) is 1.37. The molecule has 0 saturated heterocycles. The first-order valence-electron chi connectivity index (χ1n) is 5.69. The van der Waals surface area contributed by atoms with Gasteiger partial charge in [0.05, 0.1) is 10.9 Å². The van der Waals surface area contributed by atoms with Crippen LogP contribution in [0.3, 0.4) is 0 Å². The molecule has 1 aromatic carbocycles. The van der Waals surface area contributed by atoms with E-state index in [1.54, 1.807) is 16.8 Å². The van der Waals surface area contributed by atoms with Gasteiger partial charge in [0.1, 0.15) is 6.29 Å². The lowest BCUT2D eigenvalue weighted by atomic mass is 10.2. The first kappa shape index (κ1) is 11.6. The van der Waals surface area contributed by atoms with Gasteiger partial charge in [-0.05, 0) is 24.1 Å². The molecule has 0 aliphatic heterocycles. The molecule has 1 aromatic heterocycles. The van der Waals surface area contributed by atoms with E-state index in [-0.39, 0.29) is 5.56 Å². The molecule has 1 heterocycles. The SMILES string of the molecule is CC(C)Cn1c(=O)c2cc(C=O)ccc2n1C. The number of aryl methyl sites for hydroxylation is 1. The van der Waals surface area contributed by atoms with Crippen LogP contribution in [0, 0.1) is 5.92 Å². The smallest absolute Gasteiger partial charge is 0.274 e. The van der Waals surface area contributed by atoms with Crippen LogP contribution in [0.5, 0.6) is 0 Å². The van der Waals surface area contributed by atoms with Crippen molar-refractivity contribution in [3.63, 3.8) is 0 Å². The summed E-state index contributed by atoms with van der Waals surface area (Å²) in [6.07, 6.45) is 0.763. The van der Waals surface area contributed by atoms with Gasteiger partial charge in [0.2, 0.25) is 0 Å². The van der Waals surface area contributed by atoms with E-state index in [9.17, 15) is 9.59 Å². The Hall–Kier alpha value is -1.84. The van der Waals surface area contributed by atoms with Crippen molar-refractivity contribution in [2.45, 2.75) is 20.4 Å². The number of benzene rings is 1. The van der Waals surface area contributed by atoms with Gasteiger partial charge in [0.15, 0.2) is 0 Å². The fourth-order valence-corrected chi connectivity index (χ4v) is 2.04. The molecule has 0 radical (unpaired) electrons. The van der Waals surface area contributed by atoms with E-state index in [1.165, 1.54) is 0 Å². The van der Waals surface area contributed by atoms with Crippen molar-refractivity contribution >= 4 is 17.2 Å². The van der Waals surface area contributed by atoms with Crippen molar-refractivity contribution in [2.75, 3.05) is 0 Å². The van der Waals surface area contributed by atoms with Crippen LogP contribution in [0.2, 0.25) is 0 Å². The standard InChI is InChI=1S/C13H16N2O2/c1-9(2)7-15-13(17)11-6-10(8-16)4-5-12(11)14(15)3/h4-6,8-9H,7H2,1-3H3. The number of fused-ring (bicyclic) bond motifs is 1. The number of carbonyl (C=O) groups is 1. The summed E-state index contributed by atoms with van der Waals surface area (Å²) in [4.78, 5) is 22.9. The van der Waals surface area contributed by atoms with Crippen molar-refractivity contribution in [1.82, 2.24) is 9.36 Å². The summed E-state index contributed by atoms with van der Waals surface area (Å²) in [6.45, 7) is 4.82. The summed E-state index contributed by atoms with van der Waals surface area (Å²) in [5, 5.41) is 0.609. The highest BCUT2D eigenvalue weighted by Crippen LogP contribution is 2.12. The monoisotopic (exact) mass is 232 g/mol. The Kier molecular flexibility index (Phi) is 2.88. The fourth-order valence-electron chi connectivity index (χ4n) is 2.04. The number of aldehydes is 1. The van der Waals surface area contributed by atoms with Gasteiger partial charge in [-0.1, -0.05) is 13.8 Å². The lowest BCUT2D eigenvalue weighted by Crippen LogP contribution is -2.23. The van der Waals surface area contributed by atoms with Gasteiger partial charge in [0, 0.05) is 19.2 Å². The highest BCUT2D eigenvalue weighted by atomic mass is 16.1. The molecular formula is C13H16N2O2. The molecule has 90 valence electrons. The number of hydrogen-bond donors (Lipinski definition) is 0. The van der Waals surface area contributed by atoms with Gasteiger partial charge in [0.25, 0.3) is 5.56 Å². The molecule has 2 aromatic rings. The quantitative estimate of drug-likeness (QED) is 0.757. The average Bonchev–Trinajstić information content (AvgIpc) is 2.53. The van der Waals surface area contributed by atoms with Crippen molar-refractivity contribution < 1.29 is 4.79 Å². The Morgan fingerprint density at radius 2 is 2.06 bits per heavy atom. The second-order valence-electron chi connectivity index (χ2n) is 4.70. The summed E-state index contributed by atoms with van der Waals surface area (Å²) in [7, 11) is 1.87. The van der Waals surface area contributed by atoms with Gasteiger partial charge >= 0.3 is 0 Å². The van der Waals surface area contributed by atoms with Crippen molar-refractivity contribution in [1.29, 1.82) is 0 Å². The molecule has 0 atom stereocenters. The molecule has 4 nitrogen and oxygen atoms in total.